The Kier molecular flexibility index (Phi) is 2.95. The highest BCUT2D eigenvalue weighted by Gasteiger charge is 2.30. The summed E-state index contributed by atoms with van der Waals surface area (Å²) in [6.07, 6.45) is 0. The molecule has 0 bridgehead atoms. The van der Waals surface area contributed by atoms with Gasteiger partial charge in [-0.15, -0.1) is 0 Å². The second-order valence-corrected chi connectivity index (χ2v) is 4.67. The monoisotopic (exact) mass is 263 g/mol. The summed E-state index contributed by atoms with van der Waals surface area (Å²) in [5.41, 5.74) is 3.59. The number of carbonyl (C=O) groups is 2. The van der Waals surface area contributed by atoms with Crippen LogP contribution in [0.4, 0.5) is 0 Å². The van der Waals surface area contributed by atoms with E-state index in [1.54, 1.807) is 6.07 Å². The minimum atomic E-state index is -0.241. The van der Waals surface area contributed by atoms with Crippen LogP contribution in [0.2, 0.25) is 0 Å². The first-order valence-electron chi connectivity index (χ1n) is 6.40. The van der Waals surface area contributed by atoms with E-state index in [1.807, 2.05) is 48.5 Å². The summed E-state index contributed by atoms with van der Waals surface area (Å²) in [6.45, 7) is 1.41. The van der Waals surface area contributed by atoms with Gasteiger partial charge >= 0.3 is 0 Å². The molecule has 0 radical (unpaired) electrons. The van der Waals surface area contributed by atoms with Gasteiger partial charge in [-0.05, 0) is 11.1 Å². The highest BCUT2D eigenvalue weighted by molar-refractivity contribution is 6.23. The van der Waals surface area contributed by atoms with Crippen LogP contribution in [-0.2, 0) is 4.79 Å². The first-order chi connectivity index (χ1) is 9.68. The Morgan fingerprint density at radius 3 is 2.15 bits per heavy atom. The van der Waals surface area contributed by atoms with Gasteiger partial charge in [-0.3, -0.25) is 9.59 Å². The van der Waals surface area contributed by atoms with Crippen LogP contribution in [0.1, 0.15) is 28.4 Å². The number of Topliss-reactive ketones (excluding diaryl/α,β-unsaturated/α-hetero) is 1. The third-order valence-electron chi connectivity index (χ3n) is 3.28. The molecule has 0 spiro atoms. The summed E-state index contributed by atoms with van der Waals surface area (Å²) in [5.74, 6) is -0.371. The fraction of sp³-hybridized carbons (Fsp3) is 0.0588. The van der Waals surface area contributed by atoms with Gasteiger partial charge in [0.1, 0.15) is 0 Å². The fourth-order valence-corrected chi connectivity index (χ4v) is 2.48. The average molecular weight is 263 g/mol. The summed E-state index contributed by atoms with van der Waals surface area (Å²) in [5, 5.41) is 2.68. The number of allylic oxidation sites excluding steroid dienone is 1. The van der Waals surface area contributed by atoms with E-state index in [0.717, 1.165) is 16.7 Å². The number of ketones is 1. The number of hydrogen-bond acceptors (Lipinski definition) is 2. The zero-order valence-electron chi connectivity index (χ0n) is 11.0. The molecule has 3 heteroatoms. The van der Waals surface area contributed by atoms with Crippen LogP contribution in [-0.4, -0.2) is 11.7 Å². The Balaban J connectivity index is 2.24. The lowest BCUT2D eigenvalue weighted by Gasteiger charge is -2.08. The zero-order valence-corrected chi connectivity index (χ0v) is 11.0. The molecule has 1 amide bonds. The summed E-state index contributed by atoms with van der Waals surface area (Å²) in [4.78, 5) is 23.8. The molecule has 0 atom stereocenters. The quantitative estimate of drug-likeness (QED) is 0.905. The number of nitrogens with one attached hydrogen (secondary N) is 1. The molecule has 0 aromatic heterocycles. The Morgan fingerprint density at radius 2 is 1.50 bits per heavy atom. The van der Waals surface area contributed by atoms with E-state index in [-0.39, 0.29) is 11.7 Å². The van der Waals surface area contributed by atoms with Crippen LogP contribution in [0.5, 0.6) is 0 Å². The van der Waals surface area contributed by atoms with Gasteiger partial charge in [-0.2, -0.15) is 0 Å². The number of benzene rings is 2. The zero-order chi connectivity index (χ0) is 14.1. The van der Waals surface area contributed by atoms with Gasteiger partial charge in [0.25, 0.3) is 0 Å². The maximum absolute atomic E-state index is 12.4. The van der Waals surface area contributed by atoms with E-state index in [0.29, 0.717) is 11.3 Å². The molecule has 0 aliphatic heterocycles. The van der Waals surface area contributed by atoms with Gasteiger partial charge in [-0.25, -0.2) is 0 Å². The number of fused-ring (bicyclic) bond motifs is 1. The molecule has 3 rings (SSSR count). The van der Waals surface area contributed by atoms with Gasteiger partial charge in [-0.1, -0.05) is 54.6 Å². The SMILES string of the molecule is CC(=O)NC1=C(c2ccccc2)c2ccccc2C1=O. The molecule has 0 heterocycles. The minimum absolute atomic E-state index is 0.130. The van der Waals surface area contributed by atoms with Crippen LogP contribution >= 0.6 is 0 Å². The lowest BCUT2D eigenvalue weighted by atomic mass is 9.99. The summed E-state index contributed by atoms with van der Waals surface area (Å²) in [7, 11) is 0. The van der Waals surface area contributed by atoms with E-state index in [1.165, 1.54) is 6.92 Å². The number of carbonyl (C=O) groups excluding carboxylic acids is 2. The highest BCUT2D eigenvalue weighted by atomic mass is 16.2. The van der Waals surface area contributed by atoms with E-state index >= 15 is 0 Å². The fourth-order valence-electron chi connectivity index (χ4n) is 2.48. The molecule has 0 saturated heterocycles. The van der Waals surface area contributed by atoms with Crippen molar-refractivity contribution in [2.45, 2.75) is 6.92 Å². The Bertz CT molecular complexity index is 730. The van der Waals surface area contributed by atoms with Gasteiger partial charge in [0.2, 0.25) is 11.7 Å². The molecular weight excluding hydrogens is 250 g/mol. The first kappa shape index (κ1) is 12.4. The smallest absolute Gasteiger partial charge is 0.221 e. The predicted molar refractivity (Wildman–Crippen MR) is 77.1 cm³/mol. The van der Waals surface area contributed by atoms with E-state index in [2.05, 4.69) is 5.32 Å². The standard InChI is InChI=1S/C17H13NO2/c1-11(19)18-16-15(12-7-3-2-4-8-12)13-9-5-6-10-14(13)17(16)20/h2-10H,1H3,(H,18,19,20). The topological polar surface area (TPSA) is 46.2 Å². The molecule has 1 N–H and O–H groups in total. The second-order valence-electron chi connectivity index (χ2n) is 4.67. The molecule has 0 fully saturated rings. The van der Waals surface area contributed by atoms with E-state index in [4.69, 9.17) is 0 Å². The van der Waals surface area contributed by atoms with Crippen molar-refractivity contribution < 1.29 is 9.59 Å². The maximum atomic E-state index is 12.4. The van der Waals surface area contributed by atoms with E-state index in [9.17, 15) is 9.59 Å². The lowest BCUT2D eigenvalue weighted by molar-refractivity contribution is -0.118. The normalized spacial score (nSPS) is 13.3. The highest BCUT2D eigenvalue weighted by Crippen LogP contribution is 2.36. The van der Waals surface area contributed by atoms with Gasteiger partial charge in [0, 0.05) is 18.1 Å². The van der Waals surface area contributed by atoms with Crippen molar-refractivity contribution in [3.8, 4) is 0 Å². The van der Waals surface area contributed by atoms with Crippen molar-refractivity contribution >= 4 is 17.3 Å². The van der Waals surface area contributed by atoms with E-state index < -0.39 is 0 Å². The second kappa shape index (κ2) is 4.78. The maximum Gasteiger partial charge on any atom is 0.221 e. The van der Waals surface area contributed by atoms with Gasteiger partial charge < -0.3 is 5.32 Å². The van der Waals surface area contributed by atoms with Crippen LogP contribution in [0.3, 0.4) is 0 Å². The molecule has 1 aliphatic rings. The molecule has 2 aromatic carbocycles. The Morgan fingerprint density at radius 1 is 0.900 bits per heavy atom. The number of hydrogen-bond donors (Lipinski definition) is 1. The largest absolute Gasteiger partial charge is 0.322 e. The minimum Gasteiger partial charge on any atom is -0.322 e. The lowest BCUT2D eigenvalue weighted by Crippen LogP contribution is -2.23. The van der Waals surface area contributed by atoms with Crippen LogP contribution in [0.15, 0.2) is 60.3 Å². The molecule has 98 valence electrons. The molecular formula is C17H13NO2. The third kappa shape index (κ3) is 1.93. The van der Waals surface area contributed by atoms with Crippen LogP contribution in [0.25, 0.3) is 5.57 Å². The molecule has 1 aliphatic carbocycles. The molecule has 2 aromatic rings. The first-order valence-corrected chi connectivity index (χ1v) is 6.40. The van der Waals surface area contributed by atoms with Crippen molar-refractivity contribution in [2.75, 3.05) is 0 Å². The third-order valence-corrected chi connectivity index (χ3v) is 3.28. The Labute approximate surface area is 116 Å². The number of amides is 1. The van der Waals surface area contributed by atoms with Crippen LogP contribution < -0.4 is 5.32 Å². The van der Waals surface area contributed by atoms with Crippen molar-refractivity contribution in [1.82, 2.24) is 5.32 Å². The molecule has 0 saturated carbocycles. The average Bonchev–Trinajstić information content (AvgIpc) is 2.73. The molecule has 20 heavy (non-hydrogen) atoms. The van der Waals surface area contributed by atoms with Crippen molar-refractivity contribution in [3.63, 3.8) is 0 Å². The predicted octanol–water partition coefficient (Wildman–Crippen LogP) is 2.78. The Hall–Kier alpha value is -2.68. The summed E-state index contributed by atoms with van der Waals surface area (Å²) < 4.78 is 0. The molecule has 0 unspecified atom stereocenters. The molecule has 3 nitrogen and oxygen atoms in total. The van der Waals surface area contributed by atoms with Crippen molar-refractivity contribution in [1.29, 1.82) is 0 Å². The number of rotatable bonds is 2. The van der Waals surface area contributed by atoms with Crippen molar-refractivity contribution in [3.05, 3.63) is 77.0 Å². The summed E-state index contributed by atoms with van der Waals surface area (Å²) in [6, 6.07) is 17.0. The van der Waals surface area contributed by atoms with Crippen LogP contribution in [0, 0.1) is 0 Å². The van der Waals surface area contributed by atoms with Gasteiger partial charge in [0.05, 0.1) is 5.70 Å². The van der Waals surface area contributed by atoms with Crippen molar-refractivity contribution in [2.24, 2.45) is 0 Å². The summed E-state index contributed by atoms with van der Waals surface area (Å²) >= 11 is 0. The van der Waals surface area contributed by atoms with Gasteiger partial charge in [0.15, 0.2) is 0 Å².